The van der Waals surface area contributed by atoms with Crippen LogP contribution in [0.5, 0.6) is 0 Å². The number of aliphatic hydroxyl groups excluding tert-OH is 1. The van der Waals surface area contributed by atoms with E-state index >= 15 is 0 Å². The summed E-state index contributed by atoms with van der Waals surface area (Å²) in [7, 11) is 0. The second-order valence-electron chi connectivity index (χ2n) is 3.73. The van der Waals surface area contributed by atoms with Crippen LogP contribution in [0.25, 0.3) is 0 Å². The van der Waals surface area contributed by atoms with Crippen molar-refractivity contribution in [3.05, 3.63) is 23.5 Å². The van der Waals surface area contributed by atoms with Crippen molar-refractivity contribution in [3.63, 3.8) is 0 Å². The molecule has 0 amide bonds. The molecule has 0 bridgehead atoms. The van der Waals surface area contributed by atoms with Crippen LogP contribution in [0.15, 0.2) is 12.1 Å². The van der Waals surface area contributed by atoms with E-state index in [4.69, 9.17) is 4.74 Å². The van der Waals surface area contributed by atoms with E-state index in [2.05, 4.69) is 9.72 Å². The Kier molecular flexibility index (Phi) is 5.22. The molecule has 0 saturated heterocycles. The zero-order chi connectivity index (χ0) is 14.5. The van der Waals surface area contributed by atoms with Gasteiger partial charge >= 0.3 is 5.97 Å². The van der Waals surface area contributed by atoms with Gasteiger partial charge in [-0.1, -0.05) is 0 Å². The highest BCUT2D eigenvalue weighted by molar-refractivity contribution is 5.76. The number of esters is 1. The maximum Gasteiger partial charge on any atom is 0.341 e. The number of hydrogen-bond acceptors (Lipinski definition) is 6. The first-order valence-electron chi connectivity index (χ1n) is 5.85. The monoisotopic (exact) mass is 271 g/mol. The van der Waals surface area contributed by atoms with Crippen LogP contribution in [0.1, 0.15) is 30.0 Å². The third-order valence-corrected chi connectivity index (χ3v) is 2.47. The predicted octanol–water partition coefficient (Wildman–Crippen LogP) is -0.0672. The molecule has 3 N–H and O–H groups in total. The Morgan fingerprint density at radius 1 is 1.47 bits per heavy atom. The van der Waals surface area contributed by atoms with E-state index < -0.39 is 17.9 Å². The van der Waals surface area contributed by atoms with Gasteiger partial charge in [-0.3, -0.25) is 4.79 Å². The molecule has 0 fully saturated rings. The minimum Gasteiger partial charge on any atom is -0.464 e. The molecular formula is C12H17NO6. The van der Waals surface area contributed by atoms with Crippen LogP contribution < -0.4 is 0 Å². The second kappa shape index (κ2) is 6.46. The predicted molar refractivity (Wildman–Crippen MR) is 64.3 cm³/mol. The topological polar surface area (TPSA) is 109 Å². The van der Waals surface area contributed by atoms with Crippen LogP contribution in [0.2, 0.25) is 0 Å². The number of ether oxygens (including phenoxy) is 2. The molecule has 0 spiro atoms. The van der Waals surface area contributed by atoms with Crippen LogP contribution in [0, 0.1) is 0 Å². The number of H-pyrrole nitrogens is 1. The van der Waals surface area contributed by atoms with E-state index in [1.165, 1.54) is 12.1 Å². The number of carbonyl (C=O) groups excluding carboxylic acids is 2. The van der Waals surface area contributed by atoms with Crippen LogP contribution in [-0.4, -0.2) is 46.8 Å². The minimum atomic E-state index is -2.29. The van der Waals surface area contributed by atoms with Gasteiger partial charge in [-0.2, -0.15) is 0 Å². The number of carbonyl (C=O) groups is 2. The summed E-state index contributed by atoms with van der Waals surface area (Å²) in [5, 5.41) is 20.2. The van der Waals surface area contributed by atoms with Crippen molar-refractivity contribution in [1.82, 2.24) is 4.98 Å². The van der Waals surface area contributed by atoms with Crippen LogP contribution in [0.4, 0.5) is 0 Å². The Morgan fingerprint density at radius 3 is 2.63 bits per heavy atom. The molecule has 19 heavy (non-hydrogen) atoms. The lowest BCUT2D eigenvalue weighted by Crippen LogP contribution is -2.48. The summed E-state index contributed by atoms with van der Waals surface area (Å²) in [5.74, 6) is -3.30. The van der Waals surface area contributed by atoms with Gasteiger partial charge in [0, 0.05) is 6.61 Å². The highest BCUT2D eigenvalue weighted by atomic mass is 16.6. The SMILES string of the molecule is CCOC(=O)C(O)C(O)(OCC)c1ccc(C=O)[nH]1. The summed E-state index contributed by atoms with van der Waals surface area (Å²) >= 11 is 0. The summed E-state index contributed by atoms with van der Waals surface area (Å²) in [6.07, 6.45) is -1.39. The van der Waals surface area contributed by atoms with Gasteiger partial charge in [-0.05, 0) is 26.0 Å². The number of rotatable bonds is 7. The minimum absolute atomic E-state index is 0.00277. The molecule has 0 radical (unpaired) electrons. The highest BCUT2D eigenvalue weighted by Crippen LogP contribution is 2.27. The molecule has 7 nitrogen and oxygen atoms in total. The van der Waals surface area contributed by atoms with Gasteiger partial charge in [-0.15, -0.1) is 0 Å². The number of aliphatic hydroxyl groups is 2. The fourth-order valence-electron chi connectivity index (χ4n) is 1.59. The Bertz CT molecular complexity index is 443. The third-order valence-electron chi connectivity index (χ3n) is 2.47. The largest absolute Gasteiger partial charge is 0.464 e. The molecule has 2 atom stereocenters. The lowest BCUT2D eigenvalue weighted by Gasteiger charge is -2.30. The van der Waals surface area contributed by atoms with Crippen molar-refractivity contribution in [1.29, 1.82) is 0 Å². The molecule has 0 aliphatic carbocycles. The van der Waals surface area contributed by atoms with Gasteiger partial charge in [0.05, 0.1) is 18.0 Å². The first-order valence-corrected chi connectivity index (χ1v) is 5.85. The van der Waals surface area contributed by atoms with E-state index in [9.17, 15) is 19.8 Å². The number of hydrogen-bond donors (Lipinski definition) is 3. The molecule has 0 aliphatic heterocycles. The van der Waals surface area contributed by atoms with Crippen molar-refractivity contribution in [3.8, 4) is 0 Å². The van der Waals surface area contributed by atoms with Gasteiger partial charge in [0.2, 0.25) is 11.9 Å². The van der Waals surface area contributed by atoms with E-state index in [0.717, 1.165) is 0 Å². The summed E-state index contributed by atoms with van der Waals surface area (Å²) in [5.41, 5.74) is 0.182. The highest BCUT2D eigenvalue weighted by Gasteiger charge is 2.45. The molecule has 1 rings (SSSR count). The van der Waals surface area contributed by atoms with Crippen LogP contribution in [-0.2, 0) is 20.1 Å². The Balaban J connectivity index is 3.07. The molecule has 0 saturated carbocycles. The van der Waals surface area contributed by atoms with E-state index in [1.807, 2.05) is 0 Å². The van der Waals surface area contributed by atoms with Gasteiger partial charge in [0.15, 0.2) is 6.29 Å². The van der Waals surface area contributed by atoms with E-state index in [1.54, 1.807) is 13.8 Å². The molecule has 7 heteroatoms. The van der Waals surface area contributed by atoms with Crippen LogP contribution >= 0.6 is 0 Å². The summed E-state index contributed by atoms with van der Waals surface area (Å²) < 4.78 is 9.70. The summed E-state index contributed by atoms with van der Waals surface area (Å²) in [6, 6.07) is 2.74. The smallest absolute Gasteiger partial charge is 0.341 e. The van der Waals surface area contributed by atoms with Crippen molar-refractivity contribution in [2.24, 2.45) is 0 Å². The number of aromatic amines is 1. The normalized spacial score (nSPS) is 15.6. The Morgan fingerprint density at radius 2 is 2.16 bits per heavy atom. The average molecular weight is 271 g/mol. The molecule has 1 aromatic heterocycles. The standard InChI is InChI=1S/C12H17NO6/c1-3-18-11(16)10(15)12(17,19-4-2)9-6-5-8(7-14)13-9/h5-7,10,13,15,17H,3-4H2,1-2H3. The quantitative estimate of drug-likeness (QED) is 0.364. The number of aldehydes is 1. The second-order valence-corrected chi connectivity index (χ2v) is 3.73. The van der Waals surface area contributed by atoms with Crippen molar-refractivity contribution < 1.29 is 29.3 Å². The van der Waals surface area contributed by atoms with E-state index in [0.29, 0.717) is 6.29 Å². The van der Waals surface area contributed by atoms with Gasteiger partial charge < -0.3 is 24.7 Å². The van der Waals surface area contributed by atoms with Gasteiger partial charge in [0.1, 0.15) is 0 Å². The van der Waals surface area contributed by atoms with Crippen molar-refractivity contribution in [2.45, 2.75) is 25.7 Å². The van der Waals surface area contributed by atoms with Gasteiger partial charge in [-0.25, -0.2) is 4.79 Å². The van der Waals surface area contributed by atoms with E-state index in [-0.39, 0.29) is 24.6 Å². The fraction of sp³-hybridized carbons (Fsp3) is 0.500. The first-order chi connectivity index (χ1) is 8.99. The lowest BCUT2D eigenvalue weighted by atomic mass is 10.1. The van der Waals surface area contributed by atoms with Gasteiger partial charge in [0.25, 0.3) is 0 Å². The third kappa shape index (κ3) is 3.19. The van der Waals surface area contributed by atoms with Crippen molar-refractivity contribution >= 4 is 12.3 Å². The molecule has 1 aromatic rings. The maximum atomic E-state index is 11.5. The Labute approximate surface area is 110 Å². The molecule has 0 aliphatic rings. The zero-order valence-corrected chi connectivity index (χ0v) is 10.8. The summed E-state index contributed by atoms with van der Waals surface area (Å²) in [4.78, 5) is 24.7. The fourth-order valence-corrected chi connectivity index (χ4v) is 1.59. The maximum absolute atomic E-state index is 11.5. The lowest BCUT2D eigenvalue weighted by molar-refractivity contribution is -0.267. The van der Waals surface area contributed by atoms with Crippen LogP contribution in [0.3, 0.4) is 0 Å². The molecule has 106 valence electrons. The zero-order valence-electron chi connectivity index (χ0n) is 10.8. The number of nitrogens with one attached hydrogen (secondary N) is 1. The average Bonchev–Trinajstić information content (AvgIpc) is 2.87. The molecule has 1 heterocycles. The summed E-state index contributed by atoms with van der Waals surface area (Å²) in [6.45, 7) is 3.26. The van der Waals surface area contributed by atoms with Crippen molar-refractivity contribution in [2.75, 3.05) is 13.2 Å². The molecular weight excluding hydrogens is 254 g/mol. The first kappa shape index (κ1) is 15.4. The molecule has 0 aromatic carbocycles. The Hall–Kier alpha value is -1.70. The number of aromatic nitrogens is 1. The molecule has 2 unspecified atom stereocenters.